The van der Waals surface area contributed by atoms with Gasteiger partial charge < -0.3 is 0 Å². The summed E-state index contributed by atoms with van der Waals surface area (Å²) in [5.41, 5.74) is 0. The summed E-state index contributed by atoms with van der Waals surface area (Å²) < 4.78 is 0.0216. The molecule has 0 aliphatic heterocycles. The molecule has 0 nitrogen and oxygen atoms in total. The summed E-state index contributed by atoms with van der Waals surface area (Å²) >= 11 is 13.9. The first-order valence-electron chi connectivity index (χ1n) is 2.56. The van der Waals surface area contributed by atoms with Crippen LogP contribution in [0.4, 0.5) is 0 Å². The Morgan fingerprint density at radius 3 is 2.00 bits per heavy atom. The molecule has 0 aliphatic rings. The molecule has 0 N–H and O–H groups in total. The number of hydrogen-bond acceptors (Lipinski definition) is 0. The molecule has 0 aliphatic carbocycles. The minimum absolute atomic E-state index is 0.0216. The van der Waals surface area contributed by atoms with Gasteiger partial charge in [-0.15, -0.1) is 0 Å². The van der Waals surface area contributed by atoms with Crippen molar-refractivity contribution in [3.63, 3.8) is 0 Å². The molecule has 0 aromatic rings. The molecule has 4 heteroatoms. The molecule has 1 unspecified atom stereocenters. The van der Waals surface area contributed by atoms with Gasteiger partial charge in [0, 0.05) is 10.2 Å². The van der Waals surface area contributed by atoms with Crippen molar-refractivity contribution in [3.8, 4) is 0 Å². The van der Waals surface area contributed by atoms with Crippen LogP contribution >= 0.6 is 63.7 Å². The Bertz CT molecular complexity index is 75.5. The molecular weight excluding hydrogens is 380 g/mol. The van der Waals surface area contributed by atoms with Crippen LogP contribution in [0.25, 0.3) is 0 Å². The zero-order valence-corrected chi connectivity index (χ0v) is 11.3. The lowest BCUT2D eigenvalue weighted by Crippen LogP contribution is -2.20. The Labute approximate surface area is 89.7 Å². The zero-order valence-electron chi connectivity index (χ0n) is 5.00. The molecule has 56 valence electrons. The third-order valence-electron chi connectivity index (χ3n) is 0.913. The molecule has 0 amide bonds. The Morgan fingerprint density at radius 1 is 1.44 bits per heavy atom. The van der Waals surface area contributed by atoms with E-state index in [9.17, 15) is 0 Å². The molecule has 0 radical (unpaired) electrons. The fourth-order valence-electron chi connectivity index (χ4n) is 0.349. The number of rotatable bonds is 3. The molecule has 9 heavy (non-hydrogen) atoms. The van der Waals surface area contributed by atoms with Gasteiger partial charge in [0.15, 0.2) is 0 Å². The van der Waals surface area contributed by atoms with Gasteiger partial charge in [-0.3, -0.25) is 0 Å². The van der Waals surface area contributed by atoms with Gasteiger partial charge in [0.2, 0.25) is 0 Å². The quantitative estimate of drug-likeness (QED) is 0.641. The average molecular weight is 388 g/mol. The predicted molar refractivity (Wildman–Crippen MR) is 57.4 cm³/mol. The summed E-state index contributed by atoms with van der Waals surface area (Å²) in [7, 11) is 0. The predicted octanol–water partition coefficient (Wildman–Crippen LogP) is 4.04. The van der Waals surface area contributed by atoms with Gasteiger partial charge >= 0.3 is 0 Å². The Balaban J connectivity index is 3.59. The van der Waals surface area contributed by atoms with Gasteiger partial charge in [-0.2, -0.15) is 0 Å². The molecular formula is C5H8Br4. The highest BCUT2D eigenvalue weighted by Crippen LogP contribution is 2.35. The van der Waals surface area contributed by atoms with Crippen LogP contribution in [0.15, 0.2) is 0 Å². The van der Waals surface area contributed by atoms with Crippen LogP contribution in [0.1, 0.15) is 13.3 Å². The maximum atomic E-state index is 3.53. The second-order valence-corrected chi connectivity index (χ2v) is 8.16. The summed E-state index contributed by atoms with van der Waals surface area (Å²) in [6.45, 7) is 2.08. The van der Waals surface area contributed by atoms with Crippen molar-refractivity contribution in [2.75, 3.05) is 5.33 Å². The first-order valence-corrected chi connectivity index (χ1v) is 6.18. The van der Waals surface area contributed by atoms with Crippen LogP contribution in [0.3, 0.4) is 0 Å². The largest absolute Gasteiger partial charge is 0.0928 e. The van der Waals surface area contributed by atoms with E-state index in [2.05, 4.69) is 70.6 Å². The second kappa shape index (κ2) is 4.73. The van der Waals surface area contributed by atoms with E-state index in [4.69, 9.17) is 0 Å². The van der Waals surface area contributed by atoms with Crippen LogP contribution in [-0.4, -0.2) is 13.4 Å². The fraction of sp³-hybridized carbons (Fsp3) is 1.00. The number of halogens is 4. The Hall–Kier alpha value is 1.92. The number of hydrogen-bond donors (Lipinski definition) is 0. The van der Waals surface area contributed by atoms with Crippen LogP contribution in [-0.2, 0) is 0 Å². The standard InChI is InChI=1S/C5H8Br4/c1-5(8,9)4(7)2-3-6/h4H,2-3H2,1H3. The summed E-state index contributed by atoms with van der Waals surface area (Å²) in [4.78, 5) is 0.462. The van der Waals surface area contributed by atoms with E-state index in [1.54, 1.807) is 0 Å². The van der Waals surface area contributed by atoms with Crippen molar-refractivity contribution < 1.29 is 0 Å². The second-order valence-electron chi connectivity index (χ2n) is 1.90. The average Bonchev–Trinajstić information content (AvgIpc) is 1.64. The molecule has 0 fully saturated rings. The van der Waals surface area contributed by atoms with Gasteiger partial charge in [0.05, 0.1) is 3.23 Å². The molecule has 0 aromatic carbocycles. The lowest BCUT2D eigenvalue weighted by molar-refractivity contribution is 0.811. The van der Waals surface area contributed by atoms with Crippen molar-refractivity contribution in [3.05, 3.63) is 0 Å². The smallest absolute Gasteiger partial charge is 0.0902 e. The minimum Gasteiger partial charge on any atom is -0.0928 e. The minimum atomic E-state index is 0.0216. The van der Waals surface area contributed by atoms with Gasteiger partial charge in [-0.1, -0.05) is 63.7 Å². The maximum absolute atomic E-state index is 3.53. The molecule has 0 saturated heterocycles. The van der Waals surface area contributed by atoms with E-state index >= 15 is 0 Å². The lowest BCUT2D eigenvalue weighted by atomic mass is 10.3. The van der Waals surface area contributed by atoms with Crippen LogP contribution < -0.4 is 0 Å². The highest BCUT2D eigenvalue weighted by Gasteiger charge is 2.24. The van der Waals surface area contributed by atoms with E-state index in [0.29, 0.717) is 4.83 Å². The van der Waals surface area contributed by atoms with Crippen molar-refractivity contribution >= 4 is 63.7 Å². The van der Waals surface area contributed by atoms with Crippen molar-refractivity contribution in [1.29, 1.82) is 0 Å². The molecule has 0 bridgehead atoms. The Morgan fingerprint density at radius 2 is 1.89 bits per heavy atom. The van der Waals surface area contributed by atoms with E-state index in [1.165, 1.54) is 0 Å². The highest BCUT2D eigenvalue weighted by molar-refractivity contribution is 9.26. The molecule has 0 heterocycles. The van der Waals surface area contributed by atoms with E-state index in [0.717, 1.165) is 11.8 Å². The van der Waals surface area contributed by atoms with Gasteiger partial charge in [0.1, 0.15) is 0 Å². The van der Waals surface area contributed by atoms with Crippen LogP contribution in [0, 0.1) is 0 Å². The Kier molecular flexibility index (Phi) is 5.74. The third kappa shape index (κ3) is 5.22. The summed E-state index contributed by atoms with van der Waals surface area (Å²) in [6, 6.07) is 0. The van der Waals surface area contributed by atoms with Crippen molar-refractivity contribution in [1.82, 2.24) is 0 Å². The molecule has 0 saturated carbocycles. The third-order valence-corrected chi connectivity index (χ3v) is 5.08. The fourth-order valence-corrected chi connectivity index (χ4v) is 2.11. The topological polar surface area (TPSA) is 0 Å². The SMILES string of the molecule is CC(Br)(Br)C(Br)CCBr. The van der Waals surface area contributed by atoms with Gasteiger partial charge in [-0.05, 0) is 13.3 Å². The normalized spacial score (nSPS) is 15.7. The highest BCUT2D eigenvalue weighted by atomic mass is 79.9. The number of alkyl halides is 4. The summed E-state index contributed by atoms with van der Waals surface area (Å²) in [5.74, 6) is 0. The lowest BCUT2D eigenvalue weighted by Gasteiger charge is -2.20. The van der Waals surface area contributed by atoms with E-state index < -0.39 is 0 Å². The summed E-state index contributed by atoms with van der Waals surface area (Å²) in [5, 5.41) is 1.02. The van der Waals surface area contributed by atoms with Crippen LogP contribution in [0.5, 0.6) is 0 Å². The monoisotopic (exact) mass is 384 g/mol. The van der Waals surface area contributed by atoms with Gasteiger partial charge in [-0.25, -0.2) is 0 Å². The molecule has 1 atom stereocenters. The zero-order chi connectivity index (χ0) is 7.49. The summed E-state index contributed by atoms with van der Waals surface area (Å²) in [6.07, 6.45) is 1.10. The molecule has 0 aromatic heterocycles. The van der Waals surface area contributed by atoms with Crippen molar-refractivity contribution in [2.24, 2.45) is 0 Å². The van der Waals surface area contributed by atoms with E-state index in [-0.39, 0.29) is 3.23 Å². The van der Waals surface area contributed by atoms with Crippen molar-refractivity contribution in [2.45, 2.75) is 21.4 Å². The molecule has 0 spiro atoms. The van der Waals surface area contributed by atoms with E-state index in [1.807, 2.05) is 0 Å². The maximum Gasteiger partial charge on any atom is 0.0902 e. The molecule has 0 rings (SSSR count). The van der Waals surface area contributed by atoms with Crippen LogP contribution in [0.2, 0.25) is 0 Å². The first-order chi connectivity index (χ1) is 3.98. The van der Waals surface area contributed by atoms with Gasteiger partial charge in [0.25, 0.3) is 0 Å². The first kappa shape index (κ1) is 10.9.